The number of halogens is 1. The maximum atomic E-state index is 11.2. The second kappa shape index (κ2) is 6.72. The smallest absolute Gasteiger partial charge is 0.335 e. The summed E-state index contributed by atoms with van der Waals surface area (Å²) < 4.78 is 6.69. The Labute approximate surface area is 131 Å². The van der Waals surface area contributed by atoms with E-state index in [0.29, 0.717) is 11.6 Å². The second-order valence-corrected chi connectivity index (χ2v) is 5.61. The van der Waals surface area contributed by atoms with Crippen molar-refractivity contribution in [3.05, 3.63) is 51.6 Å². The summed E-state index contributed by atoms with van der Waals surface area (Å²) in [5.41, 5.74) is 1.95. The van der Waals surface area contributed by atoms with E-state index in [1.165, 1.54) is 6.07 Å². The normalized spacial score (nSPS) is 10.4. The zero-order chi connectivity index (χ0) is 15.4. The Bertz CT molecular complexity index is 671. The maximum absolute atomic E-state index is 11.2. The van der Waals surface area contributed by atoms with Gasteiger partial charge in [-0.25, -0.2) is 9.78 Å². The summed E-state index contributed by atoms with van der Waals surface area (Å²) in [4.78, 5) is 15.5. The van der Waals surface area contributed by atoms with E-state index in [0.717, 1.165) is 28.6 Å². The lowest BCUT2D eigenvalue weighted by Crippen LogP contribution is -2.02. The topological polar surface area (TPSA) is 59.4 Å². The van der Waals surface area contributed by atoms with Crippen molar-refractivity contribution >= 4 is 21.9 Å². The molecule has 0 unspecified atom stereocenters. The van der Waals surface area contributed by atoms with Crippen molar-refractivity contribution in [3.8, 4) is 11.6 Å². The standard InChI is InChI=1S/C16H16BrNO3/c1-3-4-12-8-11(16(19)20)9-15(18-12)21-13-5-6-14(17)10(2)7-13/h5-9H,3-4H2,1-2H3,(H,19,20). The van der Waals surface area contributed by atoms with Crippen LogP contribution in [0.4, 0.5) is 0 Å². The first-order valence-electron chi connectivity index (χ1n) is 6.68. The Balaban J connectivity index is 2.33. The molecule has 4 nitrogen and oxygen atoms in total. The Morgan fingerprint density at radius 2 is 2.10 bits per heavy atom. The van der Waals surface area contributed by atoms with Gasteiger partial charge in [0, 0.05) is 16.2 Å². The summed E-state index contributed by atoms with van der Waals surface area (Å²) in [6.45, 7) is 3.98. The van der Waals surface area contributed by atoms with E-state index in [4.69, 9.17) is 9.84 Å². The zero-order valence-electron chi connectivity index (χ0n) is 11.9. The van der Waals surface area contributed by atoms with Gasteiger partial charge >= 0.3 is 5.97 Å². The quantitative estimate of drug-likeness (QED) is 0.856. The molecule has 0 saturated heterocycles. The summed E-state index contributed by atoms with van der Waals surface area (Å²) in [6.07, 6.45) is 1.61. The molecule has 0 aliphatic heterocycles. The van der Waals surface area contributed by atoms with Crippen molar-refractivity contribution in [2.45, 2.75) is 26.7 Å². The van der Waals surface area contributed by atoms with Crippen LogP contribution in [0.1, 0.15) is 35.0 Å². The third kappa shape index (κ3) is 4.04. The number of pyridine rings is 1. The Morgan fingerprint density at radius 3 is 2.71 bits per heavy atom. The van der Waals surface area contributed by atoms with E-state index in [1.54, 1.807) is 6.07 Å². The van der Waals surface area contributed by atoms with Crippen molar-refractivity contribution in [2.75, 3.05) is 0 Å². The van der Waals surface area contributed by atoms with Crippen molar-refractivity contribution in [1.29, 1.82) is 0 Å². The number of ether oxygens (including phenoxy) is 1. The average molecular weight is 350 g/mol. The molecule has 1 N–H and O–H groups in total. The minimum absolute atomic E-state index is 0.192. The number of aromatic nitrogens is 1. The number of hydrogen-bond donors (Lipinski definition) is 1. The summed E-state index contributed by atoms with van der Waals surface area (Å²) >= 11 is 3.43. The summed E-state index contributed by atoms with van der Waals surface area (Å²) in [5.74, 6) is -0.0418. The third-order valence-electron chi connectivity index (χ3n) is 2.96. The maximum Gasteiger partial charge on any atom is 0.335 e. The lowest BCUT2D eigenvalue weighted by molar-refractivity contribution is 0.0696. The highest BCUT2D eigenvalue weighted by atomic mass is 79.9. The summed E-state index contributed by atoms with van der Waals surface area (Å²) in [6, 6.07) is 8.60. The van der Waals surface area contributed by atoms with Gasteiger partial charge in [0.05, 0.1) is 5.56 Å². The molecule has 0 bridgehead atoms. The number of nitrogens with zero attached hydrogens (tertiary/aromatic N) is 1. The van der Waals surface area contributed by atoms with E-state index in [2.05, 4.69) is 20.9 Å². The molecule has 21 heavy (non-hydrogen) atoms. The minimum atomic E-state index is -0.980. The van der Waals surface area contributed by atoms with Gasteiger partial charge < -0.3 is 9.84 Å². The average Bonchev–Trinajstić information content (AvgIpc) is 2.43. The first-order valence-corrected chi connectivity index (χ1v) is 7.47. The van der Waals surface area contributed by atoms with E-state index in [1.807, 2.05) is 32.0 Å². The number of benzene rings is 1. The molecule has 0 fully saturated rings. The predicted octanol–water partition coefficient (Wildman–Crippen LogP) is 4.60. The minimum Gasteiger partial charge on any atom is -0.478 e. The van der Waals surface area contributed by atoms with Gasteiger partial charge in [-0.15, -0.1) is 0 Å². The van der Waals surface area contributed by atoms with Gasteiger partial charge in [-0.1, -0.05) is 29.3 Å². The van der Waals surface area contributed by atoms with Crippen molar-refractivity contribution in [1.82, 2.24) is 4.98 Å². The lowest BCUT2D eigenvalue weighted by atomic mass is 10.1. The van der Waals surface area contributed by atoms with Crippen LogP contribution in [0.5, 0.6) is 11.6 Å². The lowest BCUT2D eigenvalue weighted by Gasteiger charge is -2.09. The van der Waals surface area contributed by atoms with Crippen LogP contribution in [0.2, 0.25) is 0 Å². The fourth-order valence-electron chi connectivity index (χ4n) is 1.92. The molecule has 0 aliphatic carbocycles. The number of carboxylic acids is 1. The number of aryl methyl sites for hydroxylation is 2. The number of aromatic carboxylic acids is 1. The van der Waals surface area contributed by atoms with E-state index in [-0.39, 0.29) is 5.56 Å². The van der Waals surface area contributed by atoms with Crippen LogP contribution in [0.3, 0.4) is 0 Å². The molecule has 1 aromatic carbocycles. The van der Waals surface area contributed by atoms with Gasteiger partial charge in [-0.3, -0.25) is 0 Å². The molecule has 0 saturated carbocycles. The molecule has 0 atom stereocenters. The predicted molar refractivity (Wildman–Crippen MR) is 84.1 cm³/mol. The van der Waals surface area contributed by atoms with Crippen LogP contribution in [-0.4, -0.2) is 16.1 Å². The highest BCUT2D eigenvalue weighted by Crippen LogP contribution is 2.26. The van der Waals surface area contributed by atoms with Crippen LogP contribution in [-0.2, 0) is 6.42 Å². The second-order valence-electron chi connectivity index (χ2n) is 4.75. The van der Waals surface area contributed by atoms with Crippen molar-refractivity contribution in [3.63, 3.8) is 0 Å². The van der Waals surface area contributed by atoms with Crippen LogP contribution >= 0.6 is 15.9 Å². The van der Waals surface area contributed by atoms with Crippen molar-refractivity contribution in [2.24, 2.45) is 0 Å². The fraction of sp³-hybridized carbons (Fsp3) is 0.250. The number of carbonyl (C=O) groups is 1. The molecule has 0 spiro atoms. The van der Waals surface area contributed by atoms with Crippen LogP contribution in [0, 0.1) is 6.92 Å². The van der Waals surface area contributed by atoms with E-state index >= 15 is 0 Å². The summed E-state index contributed by atoms with van der Waals surface area (Å²) in [7, 11) is 0. The molecule has 0 amide bonds. The summed E-state index contributed by atoms with van der Waals surface area (Å²) in [5, 5.41) is 9.16. The van der Waals surface area contributed by atoms with E-state index < -0.39 is 5.97 Å². The van der Waals surface area contributed by atoms with Gasteiger partial charge in [-0.2, -0.15) is 0 Å². The van der Waals surface area contributed by atoms with Gasteiger partial charge in [0.1, 0.15) is 5.75 Å². The van der Waals surface area contributed by atoms with Gasteiger partial charge in [-0.05, 0) is 43.2 Å². The third-order valence-corrected chi connectivity index (χ3v) is 3.85. The molecule has 2 rings (SSSR count). The molecule has 5 heteroatoms. The Hall–Kier alpha value is -1.88. The molecule has 110 valence electrons. The highest BCUT2D eigenvalue weighted by Gasteiger charge is 2.10. The molecular weight excluding hydrogens is 334 g/mol. The molecular formula is C16H16BrNO3. The Morgan fingerprint density at radius 1 is 1.33 bits per heavy atom. The molecule has 1 heterocycles. The van der Waals surface area contributed by atoms with Crippen LogP contribution in [0.15, 0.2) is 34.8 Å². The first-order chi connectivity index (χ1) is 9.99. The number of hydrogen-bond acceptors (Lipinski definition) is 3. The number of carboxylic acid groups (broad SMARTS) is 1. The molecule has 1 aromatic heterocycles. The SMILES string of the molecule is CCCc1cc(C(=O)O)cc(Oc2ccc(Br)c(C)c2)n1. The van der Waals surface area contributed by atoms with Crippen molar-refractivity contribution < 1.29 is 14.6 Å². The van der Waals surface area contributed by atoms with Gasteiger partial charge in [0.15, 0.2) is 0 Å². The molecule has 0 aliphatic rings. The monoisotopic (exact) mass is 349 g/mol. The molecule has 0 radical (unpaired) electrons. The largest absolute Gasteiger partial charge is 0.478 e. The first kappa shape index (κ1) is 15.5. The van der Waals surface area contributed by atoms with Gasteiger partial charge in [0.2, 0.25) is 5.88 Å². The molecule has 2 aromatic rings. The fourth-order valence-corrected chi connectivity index (χ4v) is 2.17. The zero-order valence-corrected chi connectivity index (χ0v) is 13.5. The highest BCUT2D eigenvalue weighted by molar-refractivity contribution is 9.10. The Kier molecular flexibility index (Phi) is 4.96. The number of rotatable bonds is 5. The van der Waals surface area contributed by atoms with E-state index in [9.17, 15) is 4.79 Å². The van der Waals surface area contributed by atoms with Crippen LogP contribution in [0.25, 0.3) is 0 Å². The van der Waals surface area contributed by atoms with Gasteiger partial charge in [0.25, 0.3) is 0 Å². The van der Waals surface area contributed by atoms with Crippen LogP contribution < -0.4 is 4.74 Å².